The summed E-state index contributed by atoms with van der Waals surface area (Å²) in [4.78, 5) is 27.9. The molecule has 1 aliphatic heterocycles. The molecule has 4 rings (SSSR count). The van der Waals surface area contributed by atoms with Crippen LogP contribution in [0.4, 0.5) is 8.78 Å². The van der Waals surface area contributed by atoms with Gasteiger partial charge in [-0.05, 0) is 36.3 Å². The lowest BCUT2D eigenvalue weighted by atomic mass is 9.93. The number of ketones is 1. The molecule has 1 atom stereocenters. The molecule has 1 amide bonds. The Hall–Kier alpha value is -3.90. The maximum absolute atomic E-state index is 14.3. The van der Waals surface area contributed by atoms with Gasteiger partial charge in [0, 0.05) is 35.4 Å². The highest BCUT2D eigenvalue weighted by Gasteiger charge is 2.31. The number of hydrogen-bond acceptors (Lipinski definition) is 3. The molecule has 0 aromatic heterocycles. The molecule has 1 heterocycles. The molecular formula is C28H24F2N2O2. The fourth-order valence-corrected chi connectivity index (χ4v) is 3.94. The zero-order valence-electron chi connectivity index (χ0n) is 18.5. The summed E-state index contributed by atoms with van der Waals surface area (Å²) in [6.07, 6.45) is 3.22. The van der Waals surface area contributed by atoms with Crippen LogP contribution in [-0.2, 0) is 16.0 Å². The van der Waals surface area contributed by atoms with Crippen molar-refractivity contribution in [1.82, 2.24) is 4.90 Å². The van der Waals surface area contributed by atoms with E-state index >= 15 is 0 Å². The average molecular weight is 459 g/mol. The fourth-order valence-electron chi connectivity index (χ4n) is 3.94. The number of carbonyl (C=O) groups is 2. The molecule has 0 saturated carbocycles. The van der Waals surface area contributed by atoms with E-state index in [1.807, 2.05) is 30.3 Å². The summed E-state index contributed by atoms with van der Waals surface area (Å²) >= 11 is 0. The highest BCUT2D eigenvalue weighted by Crippen LogP contribution is 2.24. The predicted molar refractivity (Wildman–Crippen MR) is 128 cm³/mol. The maximum atomic E-state index is 14.3. The molecule has 1 saturated heterocycles. The van der Waals surface area contributed by atoms with E-state index < -0.39 is 17.7 Å². The van der Waals surface area contributed by atoms with Gasteiger partial charge in [-0.15, -0.1) is 0 Å². The Balaban J connectivity index is 1.68. The third-order valence-corrected chi connectivity index (χ3v) is 5.70. The van der Waals surface area contributed by atoms with Gasteiger partial charge in [0.05, 0.1) is 6.04 Å². The second-order valence-corrected chi connectivity index (χ2v) is 8.20. The summed E-state index contributed by atoms with van der Waals surface area (Å²) < 4.78 is 28.5. The van der Waals surface area contributed by atoms with Gasteiger partial charge in [-0.2, -0.15) is 0 Å². The lowest BCUT2D eigenvalue weighted by Gasteiger charge is -2.32. The molecule has 6 heteroatoms. The molecular weight excluding hydrogens is 434 g/mol. The molecule has 1 fully saturated rings. The van der Waals surface area contributed by atoms with E-state index in [-0.39, 0.29) is 47.1 Å². The van der Waals surface area contributed by atoms with Crippen LogP contribution >= 0.6 is 0 Å². The molecule has 172 valence electrons. The Morgan fingerprint density at radius 3 is 1.79 bits per heavy atom. The van der Waals surface area contributed by atoms with Crippen LogP contribution in [0.25, 0.3) is 12.2 Å². The van der Waals surface area contributed by atoms with Gasteiger partial charge in [-0.25, -0.2) is 8.78 Å². The van der Waals surface area contributed by atoms with Crippen LogP contribution < -0.4 is 5.73 Å². The van der Waals surface area contributed by atoms with E-state index in [2.05, 4.69) is 0 Å². The average Bonchev–Trinajstić information content (AvgIpc) is 2.84. The Morgan fingerprint density at radius 2 is 1.29 bits per heavy atom. The topological polar surface area (TPSA) is 63.4 Å². The number of amides is 1. The van der Waals surface area contributed by atoms with Gasteiger partial charge in [0.2, 0.25) is 5.91 Å². The molecule has 1 aliphatic rings. The van der Waals surface area contributed by atoms with Gasteiger partial charge in [-0.3, -0.25) is 9.59 Å². The highest BCUT2D eigenvalue weighted by molar-refractivity contribution is 6.15. The number of piperidine rings is 1. The van der Waals surface area contributed by atoms with Gasteiger partial charge in [0.1, 0.15) is 11.6 Å². The molecule has 0 spiro atoms. The first-order valence-corrected chi connectivity index (χ1v) is 11.0. The number of nitrogens with zero attached hydrogens (tertiary/aromatic N) is 1. The standard InChI is InChI=1S/C28H24F2N2O2/c29-24-12-6-4-10-20(24)15-22-17-32(28(34)26(31)14-19-8-2-1-3-9-19)18-23(27(22)33)16-21-11-5-7-13-25(21)30/h1-13,15-16,26H,14,17-18,31H2. The quantitative estimate of drug-likeness (QED) is 0.576. The molecule has 4 nitrogen and oxygen atoms in total. The van der Waals surface area contributed by atoms with Crippen molar-refractivity contribution < 1.29 is 18.4 Å². The Morgan fingerprint density at radius 1 is 0.824 bits per heavy atom. The van der Waals surface area contributed by atoms with Gasteiger partial charge in [-0.1, -0.05) is 66.7 Å². The molecule has 1 unspecified atom stereocenters. The number of rotatable bonds is 5. The first-order chi connectivity index (χ1) is 16.4. The summed E-state index contributed by atoms with van der Waals surface area (Å²) in [6, 6.07) is 20.7. The van der Waals surface area contributed by atoms with Gasteiger partial charge in [0.15, 0.2) is 5.78 Å². The molecule has 34 heavy (non-hydrogen) atoms. The number of Topliss-reactive ketones (excluding diaryl/α,β-unsaturated/α-hetero) is 1. The first kappa shape index (κ1) is 23.3. The van der Waals surface area contributed by atoms with E-state index in [0.29, 0.717) is 6.42 Å². The van der Waals surface area contributed by atoms with Crippen molar-refractivity contribution in [2.75, 3.05) is 13.1 Å². The number of likely N-dealkylation sites (tertiary alicyclic amines) is 1. The fraction of sp³-hybridized carbons (Fsp3) is 0.143. The van der Waals surface area contributed by atoms with Crippen molar-refractivity contribution >= 4 is 23.8 Å². The second-order valence-electron chi connectivity index (χ2n) is 8.20. The van der Waals surface area contributed by atoms with Crippen LogP contribution in [0.2, 0.25) is 0 Å². The lowest BCUT2D eigenvalue weighted by molar-refractivity contribution is -0.132. The molecule has 3 aromatic rings. The largest absolute Gasteiger partial charge is 0.332 e. The normalized spacial score (nSPS) is 17.3. The van der Waals surface area contributed by atoms with Crippen LogP contribution in [0.5, 0.6) is 0 Å². The van der Waals surface area contributed by atoms with Crippen LogP contribution in [0, 0.1) is 11.6 Å². The molecule has 0 radical (unpaired) electrons. The summed E-state index contributed by atoms with van der Waals surface area (Å²) in [7, 11) is 0. The molecule has 2 N–H and O–H groups in total. The number of halogens is 2. The van der Waals surface area contributed by atoms with Crippen molar-refractivity contribution in [3.8, 4) is 0 Å². The maximum Gasteiger partial charge on any atom is 0.240 e. The Labute approximate surface area is 197 Å². The highest BCUT2D eigenvalue weighted by atomic mass is 19.1. The third-order valence-electron chi connectivity index (χ3n) is 5.70. The minimum Gasteiger partial charge on any atom is -0.332 e. The third kappa shape index (κ3) is 5.35. The summed E-state index contributed by atoms with van der Waals surface area (Å²) in [6.45, 7) is -0.0216. The van der Waals surface area contributed by atoms with Gasteiger partial charge >= 0.3 is 0 Å². The van der Waals surface area contributed by atoms with Crippen molar-refractivity contribution in [2.45, 2.75) is 12.5 Å². The van der Waals surface area contributed by atoms with Crippen molar-refractivity contribution in [3.05, 3.63) is 118 Å². The minimum atomic E-state index is -0.819. The van der Waals surface area contributed by atoms with Crippen LogP contribution in [0.15, 0.2) is 90.0 Å². The van der Waals surface area contributed by atoms with Crippen molar-refractivity contribution in [2.24, 2.45) is 5.73 Å². The molecule has 3 aromatic carbocycles. The summed E-state index contributed by atoms with van der Waals surface area (Å²) in [5.41, 5.74) is 8.08. The van der Waals surface area contributed by atoms with E-state index in [1.165, 1.54) is 29.2 Å². The number of carbonyl (C=O) groups excluding carboxylic acids is 2. The minimum absolute atomic E-state index is 0.0108. The lowest BCUT2D eigenvalue weighted by Crippen LogP contribution is -2.49. The smallest absolute Gasteiger partial charge is 0.240 e. The monoisotopic (exact) mass is 458 g/mol. The zero-order chi connectivity index (χ0) is 24.1. The van der Waals surface area contributed by atoms with E-state index in [0.717, 1.165) is 5.56 Å². The van der Waals surface area contributed by atoms with Crippen LogP contribution in [0.1, 0.15) is 16.7 Å². The van der Waals surface area contributed by atoms with E-state index in [4.69, 9.17) is 5.73 Å². The van der Waals surface area contributed by atoms with E-state index in [1.54, 1.807) is 36.4 Å². The Kier molecular flexibility index (Phi) is 7.09. The summed E-state index contributed by atoms with van der Waals surface area (Å²) in [5, 5.41) is 0. The van der Waals surface area contributed by atoms with Crippen molar-refractivity contribution in [1.29, 1.82) is 0 Å². The van der Waals surface area contributed by atoms with Crippen LogP contribution in [0.3, 0.4) is 0 Å². The SMILES string of the molecule is NC(Cc1ccccc1)C(=O)N1CC(=Cc2ccccc2F)C(=O)C(=Cc2ccccc2F)C1. The number of hydrogen-bond donors (Lipinski definition) is 1. The second kappa shape index (κ2) is 10.4. The van der Waals surface area contributed by atoms with E-state index in [9.17, 15) is 18.4 Å². The Bertz CT molecular complexity index is 1200. The first-order valence-electron chi connectivity index (χ1n) is 11.0. The molecule has 0 aliphatic carbocycles. The zero-order valence-corrected chi connectivity index (χ0v) is 18.5. The number of nitrogens with two attached hydrogens (primary N) is 1. The predicted octanol–water partition coefficient (Wildman–Crippen LogP) is 4.41. The number of benzene rings is 3. The van der Waals surface area contributed by atoms with Gasteiger partial charge < -0.3 is 10.6 Å². The van der Waals surface area contributed by atoms with Crippen LogP contribution in [-0.4, -0.2) is 35.7 Å². The summed E-state index contributed by atoms with van der Waals surface area (Å²) in [5.74, 6) is -1.65. The molecule has 0 bridgehead atoms. The van der Waals surface area contributed by atoms with Crippen molar-refractivity contribution in [3.63, 3.8) is 0 Å². The van der Waals surface area contributed by atoms with Gasteiger partial charge in [0.25, 0.3) is 0 Å².